The fourth-order valence-corrected chi connectivity index (χ4v) is 2.46. The van der Waals surface area contributed by atoms with E-state index in [1.54, 1.807) is 0 Å². The molecule has 0 bridgehead atoms. The first-order chi connectivity index (χ1) is 6.63. The van der Waals surface area contributed by atoms with Crippen molar-refractivity contribution < 1.29 is 14.7 Å². The topological polar surface area (TPSA) is 66.4 Å². The van der Waals surface area contributed by atoms with Gasteiger partial charge in [-0.2, -0.15) is 6.41 Å². The SMILES string of the molecule is O=[C-]N[C@@H](Cc1ccc(Br)s1)C(=O)O.[Fm]. The monoisotopic (exact) mass is 533 g/mol. The number of rotatable bonds is 5. The van der Waals surface area contributed by atoms with E-state index >= 15 is 0 Å². The van der Waals surface area contributed by atoms with Crippen molar-refractivity contribution in [2.75, 3.05) is 0 Å². The number of carboxylic acids is 1. The van der Waals surface area contributed by atoms with Gasteiger partial charge in [-0.3, -0.25) is 4.79 Å². The second-order valence-electron chi connectivity index (χ2n) is 2.55. The second-order valence-corrected chi connectivity index (χ2v) is 5.09. The average Bonchev–Trinajstić information content (AvgIpc) is 2.50. The third-order valence-corrected chi connectivity index (χ3v) is 3.21. The molecule has 0 radical (unpaired) electrons. The van der Waals surface area contributed by atoms with E-state index in [2.05, 4.69) is 21.2 Å². The van der Waals surface area contributed by atoms with Gasteiger partial charge in [0.05, 0.1) is 3.79 Å². The van der Waals surface area contributed by atoms with E-state index in [1.807, 2.05) is 12.1 Å². The standard InChI is InChI=1S/C8H7BrNO3S.Fm/c9-7-2-1-5(14-7)3-6(8(12)13)10-4-11;/h1-2,6H,3H2,(H,10,11)(H,12,13);/q-1;/t6-;/m0./s1. The Hall–Kier alpha value is -1.88. The largest absolute Gasteiger partial charge is 0.520 e. The minimum Gasteiger partial charge on any atom is -0.520 e. The summed E-state index contributed by atoms with van der Waals surface area (Å²) in [7, 11) is 0. The molecule has 0 aliphatic heterocycles. The van der Waals surface area contributed by atoms with Gasteiger partial charge in [0.15, 0.2) is 0 Å². The van der Waals surface area contributed by atoms with Crippen molar-refractivity contribution in [2.24, 2.45) is 0 Å². The van der Waals surface area contributed by atoms with E-state index in [0.29, 0.717) is 0 Å². The maximum Gasteiger partial charge on any atom is 0.323 e. The molecule has 0 saturated carbocycles. The van der Waals surface area contributed by atoms with Crippen molar-refractivity contribution in [3.8, 4) is 0 Å². The van der Waals surface area contributed by atoms with Gasteiger partial charge in [0.1, 0.15) is 6.04 Å². The molecule has 1 amide bonds. The zero-order valence-corrected chi connectivity index (χ0v) is 12.1. The number of carboxylic acid groups (broad SMARTS) is 1. The molecule has 0 aliphatic carbocycles. The Morgan fingerprint density at radius 1 is 1.67 bits per heavy atom. The summed E-state index contributed by atoms with van der Waals surface area (Å²) in [5, 5.41) is 10.9. The summed E-state index contributed by atoms with van der Waals surface area (Å²) in [4.78, 5) is 21.6. The van der Waals surface area contributed by atoms with Crippen LogP contribution >= 0.6 is 27.3 Å². The maximum atomic E-state index is 10.7. The van der Waals surface area contributed by atoms with E-state index < -0.39 is 12.0 Å². The number of carbonyl (C=O) groups is 1. The molecule has 0 unspecified atom stereocenters. The van der Waals surface area contributed by atoms with Gasteiger partial charge in [0.25, 0.3) is 0 Å². The quantitative estimate of drug-likeness (QED) is 0.441. The Bertz CT molecular complexity index is 344. The molecule has 15 heavy (non-hydrogen) atoms. The van der Waals surface area contributed by atoms with Crippen molar-refractivity contribution in [3.05, 3.63) is 20.8 Å². The first-order valence-electron chi connectivity index (χ1n) is 3.73. The Kier molecular flexibility index (Phi) is 5.04. The van der Waals surface area contributed by atoms with Crippen LogP contribution in [0.15, 0.2) is 15.9 Å². The minimum absolute atomic E-state index is 0. The van der Waals surface area contributed by atoms with Crippen LogP contribution in [0.25, 0.3) is 0 Å². The number of hydrogen-bond donors (Lipinski definition) is 2. The summed E-state index contributed by atoms with van der Waals surface area (Å²) < 4.78 is 0.937. The summed E-state index contributed by atoms with van der Waals surface area (Å²) in [5.74, 6) is -1.06. The normalized spacial score (nSPS) is 11.3. The van der Waals surface area contributed by atoms with Gasteiger partial charge in [0, 0.05) is 11.3 Å². The van der Waals surface area contributed by atoms with Gasteiger partial charge in [-0.05, 0) is 28.1 Å². The molecule has 1 aromatic rings. The molecule has 7 heteroatoms. The maximum absolute atomic E-state index is 10.7. The molecule has 0 saturated heterocycles. The van der Waals surface area contributed by atoms with Crippen LogP contribution in [0, 0.1) is 0 Å². The second kappa shape index (κ2) is 5.77. The number of hydrogen-bond acceptors (Lipinski definition) is 3. The third-order valence-electron chi connectivity index (χ3n) is 1.57. The molecule has 1 heterocycles. The molecule has 1 rings (SSSR count). The van der Waals surface area contributed by atoms with E-state index in [-0.39, 0.29) is 6.42 Å². The number of nitrogens with one attached hydrogen (secondary N) is 1. The number of halogens is 1. The van der Waals surface area contributed by atoms with Crippen molar-refractivity contribution in [1.82, 2.24) is 5.32 Å². The fourth-order valence-electron chi connectivity index (χ4n) is 0.934. The van der Waals surface area contributed by atoms with E-state index in [0.717, 1.165) is 8.66 Å². The van der Waals surface area contributed by atoms with Crippen molar-refractivity contribution in [3.63, 3.8) is 0 Å². The van der Waals surface area contributed by atoms with Gasteiger partial charge >= 0.3 is 5.97 Å². The molecule has 4 nitrogen and oxygen atoms in total. The smallest absolute Gasteiger partial charge is 0.323 e. The summed E-state index contributed by atoms with van der Waals surface area (Å²) in [6, 6.07) is 2.75. The summed E-state index contributed by atoms with van der Waals surface area (Å²) in [5.41, 5.74) is 0. The number of aliphatic carboxylic acids is 1. The molecule has 0 aromatic carbocycles. The summed E-state index contributed by atoms with van der Waals surface area (Å²) in [6.07, 6.45) is 1.67. The molecule has 0 fully saturated rings. The number of thiophene rings is 1. The Morgan fingerprint density at radius 2 is 2.33 bits per heavy atom. The van der Waals surface area contributed by atoms with Crippen LogP contribution in [0.2, 0.25) is 0 Å². The fraction of sp³-hybridized carbons (Fsp3) is 0.250. The predicted molar refractivity (Wildman–Crippen MR) is 56.0 cm³/mol. The zero-order chi connectivity index (χ0) is 10.6. The van der Waals surface area contributed by atoms with Crippen molar-refractivity contribution >= 4 is 39.6 Å². The van der Waals surface area contributed by atoms with Crippen LogP contribution in [0.1, 0.15) is 4.88 Å². The van der Waals surface area contributed by atoms with Gasteiger partial charge in [0.2, 0.25) is 0 Å². The van der Waals surface area contributed by atoms with Crippen molar-refractivity contribution in [1.29, 1.82) is 0 Å². The summed E-state index contributed by atoms with van der Waals surface area (Å²) >= 11 is 4.71. The van der Waals surface area contributed by atoms with Gasteiger partial charge in [-0.25, -0.2) is 0 Å². The molecular weight excluding hydrogens is 527 g/mol. The zero-order valence-electron chi connectivity index (χ0n) is 7.28. The van der Waals surface area contributed by atoms with Crippen LogP contribution in [-0.4, -0.2) is 23.5 Å². The van der Waals surface area contributed by atoms with Crippen LogP contribution in [0.4, 0.5) is 0 Å². The molecule has 88 valence electrons. The van der Waals surface area contributed by atoms with E-state index in [1.165, 1.54) is 17.7 Å². The Balaban J connectivity index is 0.00000196. The molecular formula is C8H7BrFmNO3S-. The first-order valence-corrected chi connectivity index (χ1v) is 5.34. The number of amides is 1. The van der Waals surface area contributed by atoms with E-state index in [4.69, 9.17) is 5.11 Å². The van der Waals surface area contributed by atoms with Gasteiger partial charge < -0.3 is 15.2 Å². The minimum atomic E-state index is -1.06. The van der Waals surface area contributed by atoms with Crippen LogP contribution in [0.3, 0.4) is 0 Å². The van der Waals surface area contributed by atoms with Crippen molar-refractivity contribution in [2.45, 2.75) is 12.5 Å². The van der Waals surface area contributed by atoms with Crippen LogP contribution in [0.5, 0.6) is 0 Å². The predicted octanol–water partition coefficient (Wildman–Crippen LogP) is 1.16. The molecule has 1 atom stereocenters. The summed E-state index contributed by atoms with van der Waals surface area (Å²) in [6.45, 7) is 0. The van der Waals surface area contributed by atoms with Crippen LogP contribution in [-0.2, 0) is 16.0 Å². The third kappa shape index (κ3) is 3.78. The van der Waals surface area contributed by atoms with Gasteiger partial charge in [-0.15, -0.1) is 11.3 Å². The molecule has 0 spiro atoms. The molecule has 2 N–H and O–H groups in total. The van der Waals surface area contributed by atoms with Crippen LogP contribution < -0.4 is 5.32 Å². The molecule has 0 aliphatic rings. The molecule has 1 aromatic heterocycles. The average molecular weight is 534 g/mol. The number of carbonyl (C=O) groups excluding carboxylic acids is 1. The first kappa shape index (κ1) is 13.1. The van der Waals surface area contributed by atoms with E-state index in [9.17, 15) is 9.59 Å². The Morgan fingerprint density at radius 3 is 2.73 bits per heavy atom. The Labute approximate surface area is 93.1 Å². The van der Waals surface area contributed by atoms with Gasteiger partial charge in [-0.1, -0.05) is 0 Å².